The molecule has 1 aromatic carbocycles. The van der Waals surface area contributed by atoms with Gasteiger partial charge >= 0.3 is 0 Å². The number of thiophene rings is 1. The molecule has 1 aliphatic carbocycles. The predicted molar refractivity (Wildman–Crippen MR) is 95.4 cm³/mol. The van der Waals surface area contributed by atoms with Crippen LogP contribution >= 0.6 is 33.9 Å². The summed E-state index contributed by atoms with van der Waals surface area (Å²) in [5.74, 6) is 0. The molecule has 1 N–H and O–H groups in total. The summed E-state index contributed by atoms with van der Waals surface area (Å²) in [4.78, 5) is 1.60. The average Bonchev–Trinajstić information content (AvgIpc) is 2.86. The number of nitrogens with one attached hydrogen (secondary N) is 1. The van der Waals surface area contributed by atoms with E-state index in [1.807, 2.05) is 11.3 Å². The summed E-state index contributed by atoms with van der Waals surface area (Å²) in [6.07, 6.45) is 4.97. The van der Waals surface area contributed by atoms with Gasteiger partial charge < -0.3 is 5.32 Å². The van der Waals surface area contributed by atoms with Gasteiger partial charge in [0.05, 0.1) is 2.88 Å². The van der Waals surface area contributed by atoms with Gasteiger partial charge in [-0.1, -0.05) is 31.2 Å². The van der Waals surface area contributed by atoms with Crippen molar-refractivity contribution >= 4 is 33.9 Å². The maximum Gasteiger partial charge on any atom is 0.0659 e. The first-order valence-corrected chi connectivity index (χ1v) is 9.25. The van der Waals surface area contributed by atoms with Crippen LogP contribution in [0.3, 0.4) is 0 Å². The lowest BCUT2D eigenvalue weighted by molar-refractivity contribution is 0.462. The number of hydrogen-bond donors (Lipinski definition) is 1. The van der Waals surface area contributed by atoms with Gasteiger partial charge in [0.2, 0.25) is 0 Å². The molecule has 0 saturated carbocycles. The standard InChI is InChI=1S/C17H20INS/c1-2-12-6-3-4-7-13(12)11-19-15-8-5-9-16-14(15)10-17(18)20-16/h3-4,6-7,10,15,19H,2,5,8-9,11H2,1H3. The van der Waals surface area contributed by atoms with E-state index in [1.54, 1.807) is 10.4 Å². The molecule has 106 valence electrons. The lowest BCUT2D eigenvalue weighted by atomic mass is 9.93. The van der Waals surface area contributed by atoms with E-state index in [9.17, 15) is 0 Å². The van der Waals surface area contributed by atoms with E-state index in [1.165, 1.54) is 33.3 Å². The number of fused-ring (bicyclic) bond motifs is 1. The summed E-state index contributed by atoms with van der Waals surface area (Å²) >= 11 is 4.42. The van der Waals surface area contributed by atoms with Gasteiger partial charge in [0.25, 0.3) is 0 Å². The Labute approximate surface area is 138 Å². The zero-order valence-electron chi connectivity index (χ0n) is 11.8. The molecular weight excluding hydrogens is 377 g/mol. The lowest BCUT2D eigenvalue weighted by Crippen LogP contribution is -2.24. The molecule has 0 radical (unpaired) electrons. The van der Waals surface area contributed by atoms with Crippen molar-refractivity contribution in [3.8, 4) is 0 Å². The minimum absolute atomic E-state index is 0.545. The molecule has 0 fully saturated rings. The normalized spacial score (nSPS) is 18.0. The minimum atomic E-state index is 0.545. The molecule has 3 heteroatoms. The molecule has 1 aromatic heterocycles. The smallest absolute Gasteiger partial charge is 0.0659 e. The van der Waals surface area contributed by atoms with Crippen molar-refractivity contribution in [3.05, 3.63) is 54.8 Å². The summed E-state index contributed by atoms with van der Waals surface area (Å²) < 4.78 is 1.43. The Hall–Kier alpha value is -0.390. The molecule has 3 rings (SSSR count). The van der Waals surface area contributed by atoms with Crippen molar-refractivity contribution in [3.63, 3.8) is 0 Å². The molecule has 2 aromatic rings. The zero-order valence-corrected chi connectivity index (χ0v) is 14.8. The molecule has 0 saturated heterocycles. The van der Waals surface area contributed by atoms with E-state index < -0.39 is 0 Å². The van der Waals surface area contributed by atoms with Crippen LogP contribution in [0.4, 0.5) is 0 Å². The van der Waals surface area contributed by atoms with Gasteiger partial charge in [-0.05, 0) is 71.0 Å². The van der Waals surface area contributed by atoms with Gasteiger partial charge in [0, 0.05) is 17.5 Å². The van der Waals surface area contributed by atoms with E-state index in [0.717, 1.165) is 13.0 Å². The first kappa shape index (κ1) is 14.5. The average molecular weight is 397 g/mol. The minimum Gasteiger partial charge on any atom is -0.306 e. The Morgan fingerprint density at radius 2 is 2.10 bits per heavy atom. The number of aryl methyl sites for hydroxylation is 2. The zero-order chi connectivity index (χ0) is 13.9. The van der Waals surface area contributed by atoms with Crippen LogP contribution in [0.1, 0.15) is 47.4 Å². The quantitative estimate of drug-likeness (QED) is 0.710. The largest absolute Gasteiger partial charge is 0.306 e. The van der Waals surface area contributed by atoms with E-state index in [0.29, 0.717) is 6.04 Å². The van der Waals surface area contributed by atoms with Gasteiger partial charge in [-0.2, -0.15) is 0 Å². The van der Waals surface area contributed by atoms with Gasteiger partial charge in [0.15, 0.2) is 0 Å². The molecule has 1 aliphatic rings. The van der Waals surface area contributed by atoms with Crippen LogP contribution in [0.15, 0.2) is 30.3 Å². The Balaban J connectivity index is 1.73. The van der Waals surface area contributed by atoms with Crippen LogP contribution in [0.2, 0.25) is 0 Å². The fourth-order valence-corrected chi connectivity index (χ4v) is 5.16. The molecular formula is C17H20INS. The first-order valence-electron chi connectivity index (χ1n) is 7.36. The van der Waals surface area contributed by atoms with Crippen molar-refractivity contribution in [1.29, 1.82) is 0 Å². The summed E-state index contributed by atoms with van der Waals surface area (Å²) in [6, 6.07) is 11.7. The van der Waals surface area contributed by atoms with Gasteiger partial charge in [0.1, 0.15) is 0 Å². The van der Waals surface area contributed by atoms with Crippen LogP contribution in [0, 0.1) is 2.88 Å². The lowest BCUT2D eigenvalue weighted by Gasteiger charge is -2.24. The number of benzene rings is 1. The van der Waals surface area contributed by atoms with Crippen molar-refractivity contribution in [1.82, 2.24) is 5.32 Å². The predicted octanol–water partition coefficient (Wildman–Crippen LogP) is 5.08. The summed E-state index contributed by atoms with van der Waals surface area (Å²) in [6.45, 7) is 3.22. The van der Waals surface area contributed by atoms with Gasteiger partial charge in [-0.3, -0.25) is 0 Å². The molecule has 1 unspecified atom stereocenters. The molecule has 0 bridgehead atoms. The Morgan fingerprint density at radius 3 is 2.90 bits per heavy atom. The number of halogens is 1. The summed E-state index contributed by atoms with van der Waals surface area (Å²) in [7, 11) is 0. The molecule has 0 spiro atoms. The molecule has 1 nitrogen and oxygen atoms in total. The number of rotatable bonds is 4. The van der Waals surface area contributed by atoms with Crippen molar-refractivity contribution in [2.45, 2.75) is 45.2 Å². The summed E-state index contributed by atoms with van der Waals surface area (Å²) in [5.41, 5.74) is 4.47. The third-order valence-electron chi connectivity index (χ3n) is 4.12. The van der Waals surface area contributed by atoms with Gasteiger partial charge in [-0.25, -0.2) is 0 Å². The van der Waals surface area contributed by atoms with Crippen LogP contribution in [0.5, 0.6) is 0 Å². The van der Waals surface area contributed by atoms with E-state index in [-0.39, 0.29) is 0 Å². The fraction of sp³-hybridized carbons (Fsp3) is 0.412. The fourth-order valence-electron chi connectivity index (χ4n) is 3.04. The second-order valence-electron chi connectivity index (χ2n) is 5.38. The van der Waals surface area contributed by atoms with E-state index in [4.69, 9.17) is 0 Å². The molecule has 1 atom stereocenters. The number of hydrogen-bond acceptors (Lipinski definition) is 2. The van der Waals surface area contributed by atoms with E-state index in [2.05, 4.69) is 65.2 Å². The maximum atomic E-state index is 3.79. The van der Waals surface area contributed by atoms with Crippen molar-refractivity contribution in [2.75, 3.05) is 0 Å². The Bertz CT molecular complexity index is 590. The Morgan fingerprint density at radius 1 is 1.30 bits per heavy atom. The molecule has 1 heterocycles. The second kappa shape index (κ2) is 6.58. The van der Waals surface area contributed by atoms with Crippen LogP contribution < -0.4 is 5.32 Å². The second-order valence-corrected chi connectivity index (χ2v) is 8.41. The Kier molecular flexibility index (Phi) is 4.79. The van der Waals surface area contributed by atoms with Crippen LogP contribution in [0.25, 0.3) is 0 Å². The van der Waals surface area contributed by atoms with Crippen molar-refractivity contribution < 1.29 is 0 Å². The van der Waals surface area contributed by atoms with E-state index >= 15 is 0 Å². The first-order chi connectivity index (χ1) is 9.78. The highest BCUT2D eigenvalue weighted by Crippen LogP contribution is 2.36. The highest BCUT2D eigenvalue weighted by molar-refractivity contribution is 14.1. The summed E-state index contributed by atoms with van der Waals surface area (Å²) in [5, 5.41) is 3.79. The van der Waals surface area contributed by atoms with Crippen molar-refractivity contribution in [2.24, 2.45) is 0 Å². The van der Waals surface area contributed by atoms with Gasteiger partial charge in [-0.15, -0.1) is 11.3 Å². The highest BCUT2D eigenvalue weighted by Gasteiger charge is 2.22. The van der Waals surface area contributed by atoms with Crippen LogP contribution in [-0.4, -0.2) is 0 Å². The third kappa shape index (κ3) is 3.10. The molecule has 0 aliphatic heterocycles. The van der Waals surface area contributed by atoms with Crippen LogP contribution in [-0.2, 0) is 19.4 Å². The SMILES string of the molecule is CCc1ccccc1CNC1CCCc2sc(I)cc21. The molecule has 20 heavy (non-hydrogen) atoms. The maximum absolute atomic E-state index is 3.79. The monoisotopic (exact) mass is 397 g/mol. The third-order valence-corrected chi connectivity index (χ3v) is 6.09. The topological polar surface area (TPSA) is 12.0 Å². The molecule has 0 amide bonds. The highest BCUT2D eigenvalue weighted by atomic mass is 127.